The Kier molecular flexibility index (Phi) is 3.79. The molecule has 0 aromatic carbocycles. The van der Waals surface area contributed by atoms with E-state index in [1.165, 1.54) is 45.3 Å². The molecule has 1 saturated heterocycles. The van der Waals surface area contributed by atoms with Gasteiger partial charge in [-0.05, 0) is 51.2 Å². The van der Waals surface area contributed by atoms with Crippen molar-refractivity contribution in [2.24, 2.45) is 5.92 Å². The Morgan fingerprint density at radius 3 is 2.93 bits per heavy atom. The zero-order valence-electron chi connectivity index (χ0n) is 9.09. The summed E-state index contributed by atoms with van der Waals surface area (Å²) >= 11 is 0. The normalized spacial score (nSPS) is 37.1. The Hall–Kier alpha value is -0.120. The van der Waals surface area contributed by atoms with E-state index < -0.39 is 0 Å². The molecule has 2 rings (SSSR count). The van der Waals surface area contributed by atoms with Gasteiger partial charge in [0, 0.05) is 13.2 Å². The monoisotopic (exact) mass is 198 g/mol. The molecule has 1 saturated carbocycles. The van der Waals surface area contributed by atoms with Gasteiger partial charge in [0.15, 0.2) is 0 Å². The molecule has 1 heterocycles. The molecule has 2 aliphatic rings. The summed E-state index contributed by atoms with van der Waals surface area (Å²) in [5.41, 5.74) is 0. The quantitative estimate of drug-likeness (QED) is 0.684. The molecule has 0 aromatic rings. The smallest absolute Gasteiger partial charge is 0.0601 e. The highest BCUT2D eigenvalue weighted by molar-refractivity contribution is 4.86. The summed E-state index contributed by atoms with van der Waals surface area (Å²) in [7, 11) is 1.81. The first-order valence-electron chi connectivity index (χ1n) is 5.85. The third kappa shape index (κ3) is 2.69. The molecule has 14 heavy (non-hydrogen) atoms. The molecule has 0 aromatic heterocycles. The molecule has 0 radical (unpaired) electrons. The third-order valence-corrected chi connectivity index (χ3v) is 3.58. The maximum Gasteiger partial charge on any atom is 0.0601 e. The van der Waals surface area contributed by atoms with Gasteiger partial charge in [0.1, 0.15) is 0 Å². The van der Waals surface area contributed by atoms with E-state index in [0.29, 0.717) is 6.10 Å². The van der Waals surface area contributed by atoms with Crippen molar-refractivity contribution in [3.8, 4) is 0 Å². The Balaban J connectivity index is 1.47. The molecule has 1 atom stereocenters. The molecule has 0 spiro atoms. The predicted octanol–water partition coefficient (Wildman–Crippen LogP) is 0.753. The molecular formula is C11H22N2O. The Bertz CT molecular complexity index is 163. The first-order valence-corrected chi connectivity index (χ1v) is 5.85. The van der Waals surface area contributed by atoms with Crippen LogP contribution < -0.4 is 10.6 Å². The van der Waals surface area contributed by atoms with Crippen molar-refractivity contribution in [3.05, 3.63) is 0 Å². The topological polar surface area (TPSA) is 33.3 Å². The lowest BCUT2D eigenvalue weighted by Crippen LogP contribution is -2.45. The molecule has 2 fully saturated rings. The van der Waals surface area contributed by atoms with Gasteiger partial charge in [0.05, 0.1) is 6.10 Å². The zero-order chi connectivity index (χ0) is 9.80. The van der Waals surface area contributed by atoms with Crippen molar-refractivity contribution in [2.45, 2.75) is 37.8 Å². The molecule has 1 aliphatic carbocycles. The second kappa shape index (κ2) is 5.10. The number of hydrogen-bond donors (Lipinski definition) is 2. The van der Waals surface area contributed by atoms with Gasteiger partial charge >= 0.3 is 0 Å². The van der Waals surface area contributed by atoms with E-state index in [0.717, 1.165) is 12.0 Å². The van der Waals surface area contributed by atoms with Crippen LogP contribution in [0.4, 0.5) is 0 Å². The van der Waals surface area contributed by atoms with Gasteiger partial charge < -0.3 is 15.4 Å². The van der Waals surface area contributed by atoms with Gasteiger partial charge in [-0.1, -0.05) is 0 Å². The number of ether oxygens (including phenoxy) is 1. The molecule has 0 amide bonds. The Morgan fingerprint density at radius 1 is 1.43 bits per heavy atom. The van der Waals surface area contributed by atoms with Crippen molar-refractivity contribution in [1.82, 2.24) is 10.6 Å². The van der Waals surface area contributed by atoms with Crippen LogP contribution in [0.1, 0.15) is 25.7 Å². The van der Waals surface area contributed by atoms with Gasteiger partial charge in [0.25, 0.3) is 0 Å². The highest BCUT2D eigenvalue weighted by atomic mass is 16.5. The van der Waals surface area contributed by atoms with E-state index in [4.69, 9.17) is 4.74 Å². The summed E-state index contributed by atoms with van der Waals surface area (Å²) in [6.45, 7) is 3.64. The Morgan fingerprint density at radius 2 is 2.29 bits per heavy atom. The summed E-state index contributed by atoms with van der Waals surface area (Å²) < 4.78 is 5.25. The highest BCUT2D eigenvalue weighted by Crippen LogP contribution is 2.22. The molecular weight excluding hydrogens is 176 g/mol. The SMILES string of the molecule is COC1CC(NCCC2CCNC2)C1. The molecule has 1 aliphatic heterocycles. The first-order chi connectivity index (χ1) is 6.88. The van der Waals surface area contributed by atoms with Gasteiger partial charge in [-0.15, -0.1) is 0 Å². The van der Waals surface area contributed by atoms with Crippen LogP contribution in [-0.4, -0.2) is 38.9 Å². The third-order valence-electron chi connectivity index (χ3n) is 3.58. The van der Waals surface area contributed by atoms with E-state index >= 15 is 0 Å². The van der Waals surface area contributed by atoms with Crippen LogP contribution in [0.5, 0.6) is 0 Å². The van der Waals surface area contributed by atoms with E-state index in [1.807, 2.05) is 7.11 Å². The molecule has 2 N–H and O–H groups in total. The largest absolute Gasteiger partial charge is 0.381 e. The number of nitrogens with one attached hydrogen (secondary N) is 2. The van der Waals surface area contributed by atoms with Crippen molar-refractivity contribution in [1.29, 1.82) is 0 Å². The minimum absolute atomic E-state index is 0.528. The first kappa shape index (κ1) is 10.4. The van der Waals surface area contributed by atoms with Crippen LogP contribution in [-0.2, 0) is 4.74 Å². The molecule has 1 unspecified atom stereocenters. The zero-order valence-corrected chi connectivity index (χ0v) is 9.09. The fourth-order valence-corrected chi connectivity index (χ4v) is 2.38. The lowest BCUT2D eigenvalue weighted by Gasteiger charge is -2.35. The summed E-state index contributed by atoms with van der Waals surface area (Å²) in [5.74, 6) is 0.917. The fraction of sp³-hybridized carbons (Fsp3) is 1.00. The molecule has 0 bridgehead atoms. The second-order valence-electron chi connectivity index (χ2n) is 4.63. The van der Waals surface area contributed by atoms with Crippen LogP contribution in [0.3, 0.4) is 0 Å². The van der Waals surface area contributed by atoms with Crippen LogP contribution in [0.2, 0.25) is 0 Å². The summed E-state index contributed by atoms with van der Waals surface area (Å²) in [6, 6.07) is 0.731. The summed E-state index contributed by atoms with van der Waals surface area (Å²) in [6.07, 6.45) is 5.65. The van der Waals surface area contributed by atoms with Gasteiger partial charge in [-0.25, -0.2) is 0 Å². The standard InChI is InChI=1S/C11H22N2O/c1-14-11-6-10(7-11)13-5-3-9-2-4-12-8-9/h9-13H,2-8H2,1H3. The van der Waals surface area contributed by atoms with E-state index in [-0.39, 0.29) is 0 Å². The van der Waals surface area contributed by atoms with E-state index in [1.54, 1.807) is 0 Å². The predicted molar refractivity (Wildman–Crippen MR) is 57.4 cm³/mol. The van der Waals surface area contributed by atoms with Crippen molar-refractivity contribution in [2.75, 3.05) is 26.7 Å². The number of rotatable bonds is 5. The summed E-state index contributed by atoms with van der Waals surface area (Å²) in [5, 5.41) is 7.01. The van der Waals surface area contributed by atoms with Gasteiger partial charge in [-0.3, -0.25) is 0 Å². The Labute approximate surface area is 86.6 Å². The van der Waals surface area contributed by atoms with E-state index in [9.17, 15) is 0 Å². The van der Waals surface area contributed by atoms with Crippen LogP contribution >= 0.6 is 0 Å². The van der Waals surface area contributed by atoms with Crippen LogP contribution in [0.25, 0.3) is 0 Å². The van der Waals surface area contributed by atoms with Gasteiger partial charge in [0.2, 0.25) is 0 Å². The number of hydrogen-bond acceptors (Lipinski definition) is 3. The lowest BCUT2D eigenvalue weighted by molar-refractivity contribution is 0.0173. The minimum Gasteiger partial charge on any atom is -0.381 e. The highest BCUT2D eigenvalue weighted by Gasteiger charge is 2.28. The lowest BCUT2D eigenvalue weighted by atomic mass is 9.89. The van der Waals surface area contributed by atoms with E-state index in [2.05, 4.69) is 10.6 Å². The maximum absolute atomic E-state index is 5.25. The van der Waals surface area contributed by atoms with Crippen molar-refractivity contribution < 1.29 is 4.74 Å². The maximum atomic E-state index is 5.25. The van der Waals surface area contributed by atoms with Crippen LogP contribution in [0.15, 0.2) is 0 Å². The molecule has 3 nitrogen and oxygen atoms in total. The van der Waals surface area contributed by atoms with Crippen LogP contribution in [0, 0.1) is 5.92 Å². The average Bonchev–Trinajstić information content (AvgIpc) is 2.61. The molecule has 3 heteroatoms. The second-order valence-corrected chi connectivity index (χ2v) is 4.63. The summed E-state index contributed by atoms with van der Waals surface area (Å²) in [4.78, 5) is 0. The van der Waals surface area contributed by atoms with Crippen molar-refractivity contribution in [3.63, 3.8) is 0 Å². The minimum atomic E-state index is 0.528. The van der Waals surface area contributed by atoms with Crippen molar-refractivity contribution >= 4 is 0 Å². The molecule has 82 valence electrons. The average molecular weight is 198 g/mol. The fourth-order valence-electron chi connectivity index (χ4n) is 2.38. The number of methoxy groups -OCH3 is 1. The van der Waals surface area contributed by atoms with Gasteiger partial charge in [-0.2, -0.15) is 0 Å².